The summed E-state index contributed by atoms with van der Waals surface area (Å²) in [5.41, 5.74) is -0.332. The second kappa shape index (κ2) is 9.07. The van der Waals surface area contributed by atoms with Crippen LogP contribution in [0, 0.1) is 0 Å². The maximum atomic E-state index is 12.7. The minimum atomic E-state index is -0.895. The molecule has 2 rings (SSSR count). The first kappa shape index (κ1) is 23.1. The third-order valence-electron chi connectivity index (χ3n) is 5.25. The van der Waals surface area contributed by atoms with Crippen molar-refractivity contribution >= 4 is 11.9 Å². The molecule has 28 heavy (non-hydrogen) atoms. The van der Waals surface area contributed by atoms with E-state index in [-0.39, 0.29) is 42.5 Å². The monoisotopic (exact) mass is 400 g/mol. The van der Waals surface area contributed by atoms with Crippen LogP contribution < -0.4 is 0 Å². The molecule has 0 aliphatic carbocycles. The molecule has 0 bridgehead atoms. The molecule has 1 N–H and O–H groups in total. The standard InChI is InChI=1S/C20H36N2O6/c1-19(2,3)21-7-8-26-12-14(21)9-18(25)28-16-13-27-15(10-17(23)24)11-22(16)20(4,5)6/h14-16H,7-13H2,1-6H3,(H,23,24). The number of carbonyl (C=O) groups excluding carboxylic acids is 1. The number of aliphatic carboxylic acids is 1. The van der Waals surface area contributed by atoms with Crippen molar-refractivity contribution in [3.05, 3.63) is 0 Å². The summed E-state index contributed by atoms with van der Waals surface area (Å²) in [7, 11) is 0. The highest BCUT2D eigenvalue weighted by atomic mass is 16.6. The largest absolute Gasteiger partial charge is 0.481 e. The fourth-order valence-corrected chi connectivity index (χ4v) is 3.92. The fourth-order valence-electron chi connectivity index (χ4n) is 3.92. The molecular formula is C20H36N2O6. The first-order valence-electron chi connectivity index (χ1n) is 10.0. The Morgan fingerprint density at radius 2 is 1.68 bits per heavy atom. The molecule has 0 aromatic carbocycles. The van der Waals surface area contributed by atoms with Crippen molar-refractivity contribution in [1.82, 2.24) is 9.80 Å². The van der Waals surface area contributed by atoms with Gasteiger partial charge in [-0.3, -0.25) is 19.4 Å². The lowest BCUT2D eigenvalue weighted by Crippen LogP contribution is -2.59. The summed E-state index contributed by atoms with van der Waals surface area (Å²) in [5, 5.41) is 9.04. The molecule has 0 aromatic heterocycles. The highest BCUT2D eigenvalue weighted by molar-refractivity contribution is 5.70. The fraction of sp³-hybridized carbons (Fsp3) is 0.900. The van der Waals surface area contributed by atoms with E-state index < -0.39 is 18.3 Å². The van der Waals surface area contributed by atoms with Crippen molar-refractivity contribution in [1.29, 1.82) is 0 Å². The van der Waals surface area contributed by atoms with Gasteiger partial charge in [-0.15, -0.1) is 0 Å². The zero-order chi connectivity index (χ0) is 21.1. The summed E-state index contributed by atoms with van der Waals surface area (Å²) in [5.74, 6) is -1.18. The number of carboxylic acids is 1. The number of hydrogen-bond donors (Lipinski definition) is 1. The Morgan fingerprint density at radius 3 is 2.25 bits per heavy atom. The van der Waals surface area contributed by atoms with Gasteiger partial charge in [0.25, 0.3) is 0 Å². The number of ether oxygens (including phenoxy) is 3. The van der Waals surface area contributed by atoms with Gasteiger partial charge in [-0.05, 0) is 41.5 Å². The van der Waals surface area contributed by atoms with Crippen LogP contribution >= 0.6 is 0 Å². The van der Waals surface area contributed by atoms with Crippen molar-refractivity contribution in [2.75, 3.05) is 32.9 Å². The van der Waals surface area contributed by atoms with Crippen LogP contribution in [-0.2, 0) is 23.8 Å². The second-order valence-electron chi connectivity index (χ2n) is 9.62. The normalized spacial score (nSPS) is 28.1. The average Bonchev–Trinajstić information content (AvgIpc) is 2.54. The van der Waals surface area contributed by atoms with E-state index in [4.69, 9.17) is 19.3 Å². The van der Waals surface area contributed by atoms with E-state index in [0.29, 0.717) is 19.8 Å². The summed E-state index contributed by atoms with van der Waals surface area (Å²) in [4.78, 5) is 28.0. The Morgan fingerprint density at radius 1 is 1.04 bits per heavy atom. The number of hydrogen-bond acceptors (Lipinski definition) is 7. The van der Waals surface area contributed by atoms with Crippen molar-refractivity contribution in [3.63, 3.8) is 0 Å². The van der Waals surface area contributed by atoms with Crippen molar-refractivity contribution in [3.8, 4) is 0 Å². The van der Waals surface area contributed by atoms with Crippen LogP contribution in [-0.4, -0.2) is 89.2 Å². The number of carboxylic acid groups (broad SMARTS) is 1. The molecule has 0 radical (unpaired) electrons. The van der Waals surface area contributed by atoms with Gasteiger partial charge in [-0.25, -0.2) is 0 Å². The quantitative estimate of drug-likeness (QED) is 0.698. The van der Waals surface area contributed by atoms with Crippen molar-refractivity contribution < 1.29 is 28.9 Å². The van der Waals surface area contributed by atoms with Crippen LogP contribution in [0.4, 0.5) is 0 Å². The molecule has 8 heteroatoms. The Labute approximate surface area is 168 Å². The SMILES string of the molecule is CC(C)(C)N1CCOCC1CC(=O)OC1COC(CC(=O)O)CN1C(C)(C)C. The second-order valence-corrected chi connectivity index (χ2v) is 9.62. The molecule has 0 aromatic rings. The summed E-state index contributed by atoms with van der Waals surface area (Å²) in [6, 6.07) is -0.0198. The van der Waals surface area contributed by atoms with Gasteiger partial charge in [0.1, 0.15) is 0 Å². The highest BCUT2D eigenvalue weighted by Crippen LogP contribution is 2.26. The van der Waals surface area contributed by atoms with Gasteiger partial charge >= 0.3 is 11.9 Å². The van der Waals surface area contributed by atoms with Gasteiger partial charge in [0, 0.05) is 30.2 Å². The molecule has 3 atom stereocenters. The number of rotatable bonds is 5. The number of carbonyl (C=O) groups is 2. The van der Waals surface area contributed by atoms with Gasteiger partial charge in [-0.2, -0.15) is 0 Å². The van der Waals surface area contributed by atoms with E-state index in [1.54, 1.807) is 0 Å². The molecule has 2 aliphatic heterocycles. The molecule has 8 nitrogen and oxygen atoms in total. The molecule has 2 fully saturated rings. The third-order valence-corrected chi connectivity index (χ3v) is 5.25. The molecule has 0 spiro atoms. The molecule has 0 amide bonds. The average molecular weight is 401 g/mol. The maximum absolute atomic E-state index is 12.7. The smallest absolute Gasteiger partial charge is 0.309 e. The predicted molar refractivity (Wildman–Crippen MR) is 104 cm³/mol. The van der Waals surface area contributed by atoms with Crippen LogP contribution in [0.3, 0.4) is 0 Å². The van der Waals surface area contributed by atoms with E-state index in [9.17, 15) is 9.59 Å². The third kappa shape index (κ3) is 6.40. The van der Waals surface area contributed by atoms with Gasteiger partial charge in [0.2, 0.25) is 0 Å². The van der Waals surface area contributed by atoms with Crippen LogP contribution in [0.25, 0.3) is 0 Å². The van der Waals surface area contributed by atoms with Gasteiger partial charge in [-0.1, -0.05) is 0 Å². The van der Waals surface area contributed by atoms with E-state index in [1.807, 2.05) is 25.7 Å². The molecule has 2 aliphatic rings. The minimum Gasteiger partial charge on any atom is -0.481 e. The summed E-state index contributed by atoms with van der Waals surface area (Å²) in [6.07, 6.45) is -0.739. The molecule has 3 unspecified atom stereocenters. The highest BCUT2D eigenvalue weighted by Gasteiger charge is 2.39. The van der Waals surface area contributed by atoms with Crippen molar-refractivity contribution in [2.24, 2.45) is 0 Å². The van der Waals surface area contributed by atoms with E-state index in [1.165, 1.54) is 0 Å². The molecular weight excluding hydrogens is 364 g/mol. The molecule has 162 valence electrons. The van der Waals surface area contributed by atoms with E-state index >= 15 is 0 Å². The summed E-state index contributed by atoms with van der Waals surface area (Å²) >= 11 is 0. The summed E-state index contributed by atoms with van der Waals surface area (Å²) < 4.78 is 17.0. The predicted octanol–water partition coefficient (Wildman–Crippen LogP) is 1.72. The lowest BCUT2D eigenvalue weighted by Gasteiger charge is -2.46. The van der Waals surface area contributed by atoms with Gasteiger partial charge < -0.3 is 19.3 Å². The topological polar surface area (TPSA) is 88.5 Å². The van der Waals surface area contributed by atoms with Crippen LogP contribution in [0.15, 0.2) is 0 Å². The maximum Gasteiger partial charge on any atom is 0.309 e. The van der Waals surface area contributed by atoms with Crippen LogP contribution in [0.2, 0.25) is 0 Å². The Bertz CT molecular complexity index is 554. The van der Waals surface area contributed by atoms with Crippen molar-refractivity contribution in [2.45, 2.75) is 83.8 Å². The Kier molecular flexibility index (Phi) is 7.47. The van der Waals surface area contributed by atoms with Crippen LogP contribution in [0.1, 0.15) is 54.4 Å². The Balaban J connectivity index is 2.00. The lowest BCUT2D eigenvalue weighted by molar-refractivity contribution is -0.203. The number of esters is 1. The number of nitrogens with zero attached hydrogens (tertiary/aromatic N) is 2. The summed E-state index contributed by atoms with van der Waals surface area (Å²) in [6.45, 7) is 15.0. The van der Waals surface area contributed by atoms with Gasteiger partial charge in [0.05, 0.1) is 38.8 Å². The van der Waals surface area contributed by atoms with E-state index in [0.717, 1.165) is 6.54 Å². The molecule has 2 heterocycles. The minimum absolute atomic E-state index is 0.0198. The Hall–Kier alpha value is -1.22. The molecule has 2 saturated heterocycles. The zero-order valence-corrected chi connectivity index (χ0v) is 18.1. The first-order chi connectivity index (χ1) is 12.9. The van der Waals surface area contributed by atoms with Crippen LogP contribution in [0.5, 0.6) is 0 Å². The number of morpholine rings is 2. The lowest BCUT2D eigenvalue weighted by atomic mass is 10.0. The first-order valence-corrected chi connectivity index (χ1v) is 10.0. The van der Waals surface area contributed by atoms with Gasteiger partial charge in [0.15, 0.2) is 6.23 Å². The van der Waals surface area contributed by atoms with E-state index in [2.05, 4.69) is 25.7 Å². The molecule has 0 saturated carbocycles. The zero-order valence-electron chi connectivity index (χ0n) is 18.1.